The molecule has 22 heavy (non-hydrogen) atoms. The topological polar surface area (TPSA) is 64.4 Å². The number of rotatable bonds is 5. The Hall–Kier alpha value is -1.86. The maximum Gasteiger partial charge on any atom is 0.216 e. The van der Waals surface area contributed by atoms with Crippen molar-refractivity contribution >= 4 is 30.0 Å². The molecule has 0 fully saturated rings. The molecule has 8 heteroatoms. The normalized spacial score (nSPS) is 11.4. The van der Waals surface area contributed by atoms with Gasteiger partial charge >= 0.3 is 0 Å². The Balaban J connectivity index is 2.37. The molecule has 6 nitrogen and oxygen atoms in total. The summed E-state index contributed by atoms with van der Waals surface area (Å²) in [4.78, 5) is 0. The second-order valence-electron chi connectivity index (χ2n) is 4.83. The number of H-pyrrole nitrogens is 1. The summed E-state index contributed by atoms with van der Waals surface area (Å²) in [7, 11) is 1.57. The van der Waals surface area contributed by atoms with Gasteiger partial charge in [-0.05, 0) is 50.7 Å². The van der Waals surface area contributed by atoms with E-state index in [-0.39, 0.29) is 6.10 Å². The molecule has 0 aliphatic carbocycles. The summed E-state index contributed by atoms with van der Waals surface area (Å²) in [5.41, 5.74) is 0.764. The summed E-state index contributed by atoms with van der Waals surface area (Å²) in [6, 6.07) is 3.55. The first-order valence-electron chi connectivity index (χ1n) is 6.65. The third-order valence-corrected chi connectivity index (χ3v) is 3.28. The zero-order chi connectivity index (χ0) is 16.3. The Labute approximate surface area is 138 Å². The van der Waals surface area contributed by atoms with E-state index in [0.29, 0.717) is 27.1 Å². The number of aryl methyl sites for hydroxylation is 1. The van der Waals surface area contributed by atoms with Gasteiger partial charge < -0.3 is 9.47 Å². The predicted molar refractivity (Wildman–Crippen MR) is 88.9 cm³/mol. The molecule has 0 atom stereocenters. The molecule has 0 amide bonds. The molecule has 2 aromatic rings. The predicted octanol–water partition coefficient (Wildman–Crippen LogP) is 3.58. The zero-order valence-corrected chi connectivity index (χ0v) is 14.3. The molecule has 1 N–H and O–H groups in total. The largest absolute Gasteiger partial charge is 0.493 e. The van der Waals surface area contributed by atoms with E-state index < -0.39 is 0 Å². The lowest BCUT2D eigenvalue weighted by Crippen LogP contribution is -2.07. The number of benzene rings is 1. The Morgan fingerprint density at radius 1 is 1.45 bits per heavy atom. The lowest BCUT2D eigenvalue weighted by molar-refractivity contribution is 0.230. The van der Waals surface area contributed by atoms with E-state index in [4.69, 9.17) is 33.3 Å². The SMILES string of the molecule is COc1cc(/C=N\n2c(C)n[nH]c2=S)cc(Cl)c1OC(C)C. The number of methoxy groups -OCH3 is 1. The molecule has 1 aromatic heterocycles. The average molecular weight is 341 g/mol. The van der Waals surface area contributed by atoms with Crippen LogP contribution < -0.4 is 9.47 Å². The van der Waals surface area contributed by atoms with Crippen LogP contribution in [-0.4, -0.2) is 34.3 Å². The first kappa shape index (κ1) is 16.5. The molecular formula is C14H17ClN4O2S. The third kappa shape index (κ3) is 3.66. The summed E-state index contributed by atoms with van der Waals surface area (Å²) < 4.78 is 13.0. The minimum Gasteiger partial charge on any atom is -0.493 e. The number of halogens is 1. The Bertz CT molecular complexity index is 752. The molecule has 0 saturated carbocycles. The van der Waals surface area contributed by atoms with Crippen LogP contribution in [0.25, 0.3) is 0 Å². The Morgan fingerprint density at radius 2 is 2.18 bits per heavy atom. The summed E-state index contributed by atoms with van der Waals surface area (Å²) in [6.07, 6.45) is 1.63. The maximum atomic E-state index is 6.27. The summed E-state index contributed by atoms with van der Waals surface area (Å²) in [5.74, 6) is 1.74. The van der Waals surface area contributed by atoms with E-state index in [2.05, 4.69) is 15.3 Å². The van der Waals surface area contributed by atoms with Crippen molar-refractivity contribution in [2.75, 3.05) is 7.11 Å². The maximum absolute atomic E-state index is 6.27. The number of hydrogen-bond donors (Lipinski definition) is 1. The van der Waals surface area contributed by atoms with Gasteiger partial charge in [-0.1, -0.05) is 11.6 Å². The van der Waals surface area contributed by atoms with Crippen molar-refractivity contribution in [3.63, 3.8) is 0 Å². The molecule has 0 saturated heterocycles. The van der Waals surface area contributed by atoms with Crippen molar-refractivity contribution in [2.45, 2.75) is 26.9 Å². The van der Waals surface area contributed by atoms with Gasteiger partial charge in [0.1, 0.15) is 5.82 Å². The first-order chi connectivity index (χ1) is 10.4. The van der Waals surface area contributed by atoms with Gasteiger partial charge in [0.25, 0.3) is 0 Å². The van der Waals surface area contributed by atoms with Gasteiger partial charge in [-0.2, -0.15) is 14.9 Å². The van der Waals surface area contributed by atoms with Crippen molar-refractivity contribution in [3.8, 4) is 11.5 Å². The second kappa shape index (κ2) is 6.93. The van der Waals surface area contributed by atoms with E-state index in [9.17, 15) is 0 Å². The van der Waals surface area contributed by atoms with Crippen LogP contribution in [0, 0.1) is 11.7 Å². The van der Waals surface area contributed by atoms with Crippen LogP contribution in [0.15, 0.2) is 17.2 Å². The molecule has 0 unspecified atom stereocenters. The molecular weight excluding hydrogens is 324 g/mol. The molecule has 0 bridgehead atoms. The molecule has 118 valence electrons. The Kier molecular flexibility index (Phi) is 5.20. The minimum atomic E-state index is -0.00201. The van der Waals surface area contributed by atoms with Crippen LogP contribution in [0.4, 0.5) is 0 Å². The van der Waals surface area contributed by atoms with Crippen LogP contribution >= 0.6 is 23.8 Å². The highest BCUT2D eigenvalue weighted by Gasteiger charge is 2.13. The molecule has 0 aliphatic heterocycles. The number of aromatic amines is 1. The fraction of sp³-hybridized carbons (Fsp3) is 0.357. The molecule has 0 radical (unpaired) electrons. The molecule has 1 aromatic carbocycles. The van der Waals surface area contributed by atoms with Crippen molar-refractivity contribution in [2.24, 2.45) is 5.10 Å². The highest BCUT2D eigenvalue weighted by molar-refractivity contribution is 7.71. The van der Waals surface area contributed by atoms with Gasteiger partial charge in [-0.25, -0.2) is 0 Å². The third-order valence-electron chi connectivity index (χ3n) is 2.74. The molecule has 0 aliphatic rings. The smallest absolute Gasteiger partial charge is 0.216 e. The highest BCUT2D eigenvalue weighted by atomic mass is 35.5. The van der Waals surface area contributed by atoms with Gasteiger partial charge in [-0.3, -0.25) is 5.10 Å². The monoisotopic (exact) mass is 340 g/mol. The van der Waals surface area contributed by atoms with Crippen LogP contribution in [0.5, 0.6) is 11.5 Å². The Morgan fingerprint density at radius 3 is 2.73 bits per heavy atom. The molecule has 1 heterocycles. The average Bonchev–Trinajstić information content (AvgIpc) is 2.78. The van der Waals surface area contributed by atoms with Gasteiger partial charge in [0, 0.05) is 0 Å². The van der Waals surface area contributed by atoms with Crippen molar-refractivity contribution < 1.29 is 9.47 Å². The van der Waals surface area contributed by atoms with Crippen LogP contribution in [0.3, 0.4) is 0 Å². The lowest BCUT2D eigenvalue weighted by atomic mass is 10.2. The summed E-state index contributed by atoms with van der Waals surface area (Å²) >= 11 is 11.4. The quantitative estimate of drug-likeness (QED) is 0.667. The van der Waals surface area contributed by atoms with Crippen molar-refractivity contribution in [1.82, 2.24) is 14.9 Å². The fourth-order valence-corrected chi connectivity index (χ4v) is 2.28. The van der Waals surface area contributed by atoms with E-state index in [1.807, 2.05) is 13.8 Å². The van der Waals surface area contributed by atoms with E-state index in [1.54, 1.807) is 32.4 Å². The van der Waals surface area contributed by atoms with E-state index in [1.165, 1.54) is 4.68 Å². The molecule has 0 spiro atoms. The summed E-state index contributed by atoms with van der Waals surface area (Å²) in [6.45, 7) is 5.65. The van der Waals surface area contributed by atoms with E-state index >= 15 is 0 Å². The standard InChI is InChI=1S/C14H17ClN4O2S/c1-8(2)21-13-11(15)5-10(6-12(13)20-4)7-16-19-9(3)17-18-14(19)22/h5-8H,1-4H3,(H,18,22)/b16-7-. The van der Waals surface area contributed by atoms with Crippen LogP contribution in [-0.2, 0) is 0 Å². The second-order valence-corrected chi connectivity index (χ2v) is 5.63. The molecule has 2 rings (SSSR count). The number of hydrogen-bond acceptors (Lipinski definition) is 5. The van der Waals surface area contributed by atoms with Gasteiger partial charge in [0.2, 0.25) is 4.77 Å². The van der Waals surface area contributed by atoms with Gasteiger partial charge in [0.15, 0.2) is 11.5 Å². The number of nitrogens with zero attached hydrogens (tertiary/aromatic N) is 3. The fourth-order valence-electron chi connectivity index (χ4n) is 1.80. The highest BCUT2D eigenvalue weighted by Crippen LogP contribution is 2.36. The number of ether oxygens (including phenoxy) is 2. The van der Waals surface area contributed by atoms with Gasteiger partial charge in [0.05, 0.1) is 24.5 Å². The number of aromatic nitrogens is 3. The van der Waals surface area contributed by atoms with E-state index in [0.717, 1.165) is 5.56 Å². The summed E-state index contributed by atoms with van der Waals surface area (Å²) in [5, 5.41) is 11.4. The first-order valence-corrected chi connectivity index (χ1v) is 7.43. The number of nitrogens with one attached hydrogen (secondary N) is 1. The lowest BCUT2D eigenvalue weighted by Gasteiger charge is -2.15. The van der Waals surface area contributed by atoms with Crippen molar-refractivity contribution in [1.29, 1.82) is 0 Å². The van der Waals surface area contributed by atoms with Gasteiger partial charge in [-0.15, -0.1) is 0 Å². The van der Waals surface area contributed by atoms with Crippen molar-refractivity contribution in [3.05, 3.63) is 33.3 Å². The zero-order valence-electron chi connectivity index (χ0n) is 12.8. The van der Waals surface area contributed by atoms with Crippen LogP contribution in [0.2, 0.25) is 5.02 Å². The van der Waals surface area contributed by atoms with Crippen LogP contribution in [0.1, 0.15) is 25.2 Å². The minimum absolute atomic E-state index is 0.00201.